The van der Waals surface area contributed by atoms with E-state index in [1.807, 2.05) is 31.2 Å². The summed E-state index contributed by atoms with van der Waals surface area (Å²) < 4.78 is 1.08. The number of benzene rings is 1. The fourth-order valence-electron chi connectivity index (χ4n) is 1.64. The third-order valence-corrected chi connectivity index (χ3v) is 4.63. The van der Waals surface area contributed by atoms with E-state index in [0.29, 0.717) is 0 Å². The summed E-state index contributed by atoms with van der Waals surface area (Å²) in [5.74, 6) is 0. The van der Waals surface area contributed by atoms with Crippen LogP contribution >= 0.6 is 27.7 Å². The molecule has 0 aliphatic heterocycles. The molecule has 0 amide bonds. The van der Waals surface area contributed by atoms with E-state index in [9.17, 15) is 0 Å². The number of hydrogen-bond acceptors (Lipinski definition) is 4. The van der Waals surface area contributed by atoms with Crippen LogP contribution in [-0.4, -0.2) is 16.0 Å². The van der Waals surface area contributed by atoms with Gasteiger partial charge >= 0.3 is 0 Å². The van der Waals surface area contributed by atoms with E-state index in [1.165, 1.54) is 5.56 Å². The van der Waals surface area contributed by atoms with Gasteiger partial charge < -0.3 is 5.73 Å². The first-order valence-corrected chi connectivity index (χ1v) is 7.28. The van der Waals surface area contributed by atoms with Gasteiger partial charge in [0.2, 0.25) is 0 Å². The largest absolute Gasteiger partial charge is 0.327 e. The predicted molar refractivity (Wildman–Crippen MR) is 78.4 cm³/mol. The first-order valence-electron chi connectivity index (χ1n) is 5.61. The van der Waals surface area contributed by atoms with Crippen LogP contribution in [0.4, 0.5) is 0 Å². The smallest absolute Gasteiger partial charge is 0.116 e. The number of thioether (sulfide) groups is 1. The van der Waals surface area contributed by atoms with E-state index < -0.39 is 0 Å². The summed E-state index contributed by atoms with van der Waals surface area (Å²) in [6, 6.07) is 10.1. The van der Waals surface area contributed by atoms with Gasteiger partial charge in [-0.1, -0.05) is 45.9 Å². The van der Waals surface area contributed by atoms with Crippen molar-refractivity contribution in [3.63, 3.8) is 0 Å². The number of nitrogens with zero attached hydrogens (tertiary/aromatic N) is 2. The Hall–Kier alpha value is -0.910. The molecule has 0 radical (unpaired) electrons. The Morgan fingerprint density at radius 2 is 2.06 bits per heavy atom. The molecule has 0 spiro atoms. The minimum Gasteiger partial charge on any atom is -0.327 e. The average Bonchev–Trinajstić information content (AvgIpc) is 2.38. The Bertz CT molecular complexity index is 505. The van der Waals surface area contributed by atoms with Crippen LogP contribution in [0.2, 0.25) is 0 Å². The second-order valence-electron chi connectivity index (χ2n) is 3.97. The average molecular weight is 324 g/mol. The quantitative estimate of drug-likeness (QED) is 0.692. The van der Waals surface area contributed by atoms with Gasteiger partial charge in [-0.2, -0.15) is 0 Å². The van der Waals surface area contributed by atoms with Crippen molar-refractivity contribution < 1.29 is 0 Å². The summed E-state index contributed by atoms with van der Waals surface area (Å²) in [6.45, 7) is 2.01. The second kappa shape index (κ2) is 6.31. The molecule has 1 aromatic heterocycles. The zero-order valence-electron chi connectivity index (χ0n) is 9.95. The highest BCUT2D eigenvalue weighted by Gasteiger charge is 2.20. The molecule has 2 rings (SSSR count). The van der Waals surface area contributed by atoms with Gasteiger partial charge in [0, 0.05) is 16.7 Å². The lowest BCUT2D eigenvalue weighted by molar-refractivity contribution is 0.718. The highest BCUT2D eigenvalue weighted by Crippen LogP contribution is 2.38. The summed E-state index contributed by atoms with van der Waals surface area (Å²) in [5, 5.41) is 1.10. The lowest BCUT2D eigenvalue weighted by atomic mass is 10.1. The molecule has 0 saturated heterocycles. The zero-order chi connectivity index (χ0) is 13.0. The first kappa shape index (κ1) is 13.5. The summed E-state index contributed by atoms with van der Waals surface area (Å²) >= 11 is 5.23. The highest BCUT2D eigenvalue weighted by atomic mass is 79.9. The highest BCUT2D eigenvalue weighted by molar-refractivity contribution is 9.10. The molecule has 0 bridgehead atoms. The molecule has 94 valence electrons. The summed E-state index contributed by atoms with van der Waals surface area (Å²) in [4.78, 5) is 8.16. The number of hydrogen-bond donors (Lipinski definition) is 1. The van der Waals surface area contributed by atoms with Gasteiger partial charge in [0.15, 0.2) is 0 Å². The normalized spacial score (nSPS) is 14.2. The monoisotopic (exact) mass is 323 g/mol. The number of halogens is 1. The van der Waals surface area contributed by atoms with Crippen LogP contribution in [0.3, 0.4) is 0 Å². The molecule has 0 aliphatic rings. The molecule has 1 heterocycles. The molecule has 0 aliphatic carbocycles. The van der Waals surface area contributed by atoms with E-state index in [1.54, 1.807) is 24.3 Å². The van der Waals surface area contributed by atoms with Crippen molar-refractivity contribution in [1.29, 1.82) is 0 Å². The lowest BCUT2D eigenvalue weighted by Gasteiger charge is -2.21. The van der Waals surface area contributed by atoms with Crippen LogP contribution in [-0.2, 0) is 0 Å². The number of nitrogens with two attached hydrogens (primary N) is 1. The number of aromatic nitrogens is 2. The Balaban J connectivity index is 2.27. The van der Waals surface area contributed by atoms with Crippen LogP contribution in [0.25, 0.3) is 0 Å². The molecule has 2 N–H and O–H groups in total. The summed E-state index contributed by atoms with van der Waals surface area (Å²) in [7, 11) is 0. The Kier molecular flexibility index (Phi) is 4.74. The van der Waals surface area contributed by atoms with Gasteiger partial charge in [0.25, 0.3) is 0 Å². The van der Waals surface area contributed by atoms with E-state index in [4.69, 9.17) is 5.73 Å². The minimum atomic E-state index is 0.0312. The standard InChI is InChI=1S/C13H14BrN3S/c1-9(15)13(10-4-2-3-5-11(10)14)18-12-6-7-16-8-17-12/h2-9,13H,15H2,1H3. The van der Waals surface area contributed by atoms with E-state index in [0.717, 1.165) is 9.50 Å². The van der Waals surface area contributed by atoms with Crippen LogP contribution < -0.4 is 5.73 Å². The summed E-state index contributed by atoms with van der Waals surface area (Å²) in [5.41, 5.74) is 7.29. The van der Waals surface area contributed by atoms with E-state index in [2.05, 4.69) is 32.0 Å². The van der Waals surface area contributed by atoms with Crippen LogP contribution in [0.15, 0.2) is 52.4 Å². The van der Waals surface area contributed by atoms with Crippen molar-refractivity contribution in [2.75, 3.05) is 0 Å². The third-order valence-electron chi connectivity index (χ3n) is 2.49. The van der Waals surface area contributed by atoms with E-state index >= 15 is 0 Å². The zero-order valence-corrected chi connectivity index (χ0v) is 12.4. The molecule has 5 heteroatoms. The van der Waals surface area contributed by atoms with E-state index in [-0.39, 0.29) is 11.3 Å². The first-order chi connectivity index (χ1) is 8.68. The summed E-state index contributed by atoms with van der Waals surface area (Å²) in [6.07, 6.45) is 3.30. The van der Waals surface area contributed by atoms with Gasteiger partial charge in [-0.25, -0.2) is 9.97 Å². The van der Waals surface area contributed by atoms with Crippen molar-refractivity contribution in [1.82, 2.24) is 9.97 Å². The Morgan fingerprint density at radius 1 is 1.28 bits per heavy atom. The predicted octanol–water partition coefficient (Wildman–Crippen LogP) is 3.42. The SMILES string of the molecule is CC(N)C(Sc1ccncn1)c1ccccc1Br. The molecular weight excluding hydrogens is 310 g/mol. The molecule has 3 nitrogen and oxygen atoms in total. The maximum absolute atomic E-state index is 6.10. The minimum absolute atomic E-state index is 0.0312. The molecule has 2 unspecified atom stereocenters. The van der Waals surface area contributed by atoms with Crippen molar-refractivity contribution in [2.24, 2.45) is 5.73 Å². The van der Waals surface area contributed by atoms with Crippen molar-refractivity contribution >= 4 is 27.7 Å². The van der Waals surface area contributed by atoms with Gasteiger partial charge in [-0.05, 0) is 24.6 Å². The van der Waals surface area contributed by atoms with Gasteiger partial charge in [0.1, 0.15) is 6.33 Å². The molecular formula is C13H14BrN3S. The number of rotatable bonds is 4. The maximum atomic E-state index is 6.10. The molecule has 18 heavy (non-hydrogen) atoms. The Morgan fingerprint density at radius 3 is 2.67 bits per heavy atom. The molecule has 1 aromatic carbocycles. The molecule has 0 fully saturated rings. The van der Waals surface area contributed by atoms with Gasteiger partial charge in [-0.15, -0.1) is 0 Å². The van der Waals surface area contributed by atoms with Crippen molar-refractivity contribution in [2.45, 2.75) is 23.2 Å². The molecule has 2 atom stereocenters. The van der Waals surface area contributed by atoms with Gasteiger partial charge in [0.05, 0.1) is 10.3 Å². The molecule has 2 aromatic rings. The fraction of sp³-hybridized carbons (Fsp3) is 0.231. The Labute approximate surface area is 119 Å². The van der Waals surface area contributed by atoms with Crippen LogP contribution in [0, 0.1) is 0 Å². The van der Waals surface area contributed by atoms with Crippen molar-refractivity contribution in [3.8, 4) is 0 Å². The second-order valence-corrected chi connectivity index (χ2v) is 5.98. The maximum Gasteiger partial charge on any atom is 0.116 e. The topological polar surface area (TPSA) is 51.8 Å². The lowest BCUT2D eigenvalue weighted by Crippen LogP contribution is -2.23. The van der Waals surface area contributed by atoms with Crippen molar-refractivity contribution in [3.05, 3.63) is 52.9 Å². The van der Waals surface area contributed by atoms with Crippen LogP contribution in [0.1, 0.15) is 17.7 Å². The molecule has 0 saturated carbocycles. The fourth-order valence-corrected chi connectivity index (χ4v) is 3.38. The third kappa shape index (κ3) is 3.31. The van der Waals surface area contributed by atoms with Crippen LogP contribution in [0.5, 0.6) is 0 Å². The van der Waals surface area contributed by atoms with Gasteiger partial charge in [-0.3, -0.25) is 0 Å².